The van der Waals surface area contributed by atoms with Crippen LogP contribution in [0.15, 0.2) is 96.4 Å². The number of hydrogen-bond donors (Lipinski definition) is 0. The van der Waals surface area contributed by atoms with E-state index in [1.807, 2.05) is 34.0 Å². The first-order valence-corrected chi connectivity index (χ1v) is 15.8. The van der Waals surface area contributed by atoms with Crippen LogP contribution < -0.4 is 0 Å². The highest BCUT2D eigenvalue weighted by Crippen LogP contribution is 2.50. The Hall–Kier alpha value is -2.51. The van der Waals surface area contributed by atoms with E-state index in [2.05, 4.69) is 140 Å². The van der Waals surface area contributed by atoms with Crippen molar-refractivity contribution in [2.24, 2.45) is 0 Å². The van der Waals surface area contributed by atoms with Gasteiger partial charge < -0.3 is 0 Å². The molecule has 0 nitrogen and oxygen atoms in total. The van der Waals surface area contributed by atoms with Gasteiger partial charge in [-0.1, -0.05) is 89.5 Å². The largest absolute Gasteiger partial charge is 0.142 e. The van der Waals surface area contributed by atoms with Crippen LogP contribution in [0.3, 0.4) is 0 Å². The zero-order valence-corrected chi connectivity index (χ0v) is 25.4. The van der Waals surface area contributed by atoms with Crippen LogP contribution in [0.1, 0.15) is 16.7 Å². The lowest BCUT2D eigenvalue weighted by Gasteiger charge is -2.03. The van der Waals surface area contributed by atoms with Crippen LogP contribution in [-0.4, -0.2) is 0 Å². The maximum Gasteiger partial charge on any atom is 0.0666 e. The standard InChI is InChI=1S/C33H25IS3/c1-20-4-10-23(11-5-20)26-16-29(35-19-26)32-27(24-12-6-21(2)7-13-24)17-30(36-32)33-28(18-31(34)37-33)25-14-8-22(3)9-15-25/h4-19H,1-3H3. The van der Waals surface area contributed by atoms with Crippen LogP contribution in [0, 0.1) is 23.7 Å². The van der Waals surface area contributed by atoms with Crippen LogP contribution in [0.4, 0.5) is 0 Å². The average Bonchev–Trinajstić information content (AvgIpc) is 3.64. The van der Waals surface area contributed by atoms with Crippen LogP contribution in [0.25, 0.3) is 52.9 Å². The molecule has 0 aliphatic heterocycles. The van der Waals surface area contributed by atoms with Gasteiger partial charge in [0.15, 0.2) is 0 Å². The summed E-state index contributed by atoms with van der Waals surface area (Å²) in [7, 11) is 0. The van der Waals surface area contributed by atoms with Gasteiger partial charge in [-0.3, -0.25) is 0 Å². The predicted molar refractivity (Wildman–Crippen MR) is 174 cm³/mol. The van der Waals surface area contributed by atoms with Gasteiger partial charge in [0.25, 0.3) is 0 Å². The third-order valence-electron chi connectivity index (χ3n) is 6.59. The summed E-state index contributed by atoms with van der Waals surface area (Å²) in [6.45, 7) is 6.44. The van der Waals surface area contributed by atoms with Crippen molar-refractivity contribution in [3.63, 3.8) is 0 Å². The molecule has 0 bridgehead atoms. The average molecular weight is 645 g/mol. The maximum atomic E-state index is 2.47. The highest BCUT2D eigenvalue weighted by Gasteiger charge is 2.20. The summed E-state index contributed by atoms with van der Waals surface area (Å²) >= 11 is 8.11. The molecular formula is C33H25IS3. The van der Waals surface area contributed by atoms with Gasteiger partial charge >= 0.3 is 0 Å². The second-order valence-corrected chi connectivity index (χ2v) is 14.4. The Morgan fingerprint density at radius 1 is 0.486 bits per heavy atom. The second kappa shape index (κ2) is 10.3. The lowest BCUT2D eigenvalue weighted by molar-refractivity contribution is 1.47. The molecule has 0 N–H and O–H groups in total. The van der Waals surface area contributed by atoms with Gasteiger partial charge in [-0.2, -0.15) is 0 Å². The van der Waals surface area contributed by atoms with E-state index in [9.17, 15) is 0 Å². The predicted octanol–water partition coefficient (Wildman–Crippen LogP) is 11.7. The number of thiophene rings is 3. The minimum Gasteiger partial charge on any atom is -0.142 e. The number of benzene rings is 3. The second-order valence-electron chi connectivity index (χ2n) is 9.44. The van der Waals surface area contributed by atoms with Gasteiger partial charge in [0.05, 0.1) is 12.6 Å². The summed E-state index contributed by atoms with van der Waals surface area (Å²) in [4.78, 5) is 5.36. The Bertz CT molecular complexity index is 1680. The molecule has 0 spiro atoms. The SMILES string of the molecule is Cc1ccc(-c2csc(-c3sc(-c4sc(I)cc4-c4ccc(C)cc4)cc3-c3ccc(C)cc3)c2)cc1. The number of hydrogen-bond acceptors (Lipinski definition) is 3. The zero-order valence-electron chi connectivity index (χ0n) is 20.8. The Morgan fingerprint density at radius 3 is 1.54 bits per heavy atom. The molecule has 182 valence electrons. The van der Waals surface area contributed by atoms with E-state index in [4.69, 9.17) is 0 Å². The Morgan fingerprint density at radius 2 is 0.973 bits per heavy atom. The van der Waals surface area contributed by atoms with Crippen LogP contribution in [-0.2, 0) is 0 Å². The van der Waals surface area contributed by atoms with E-state index in [0.29, 0.717) is 0 Å². The topological polar surface area (TPSA) is 0 Å². The van der Waals surface area contributed by atoms with Gasteiger partial charge in [-0.15, -0.1) is 34.0 Å². The van der Waals surface area contributed by atoms with Crippen molar-refractivity contribution in [3.05, 3.63) is 116 Å². The molecule has 0 atom stereocenters. The Labute approximate surface area is 244 Å². The van der Waals surface area contributed by atoms with Crippen molar-refractivity contribution in [2.45, 2.75) is 20.8 Å². The maximum absolute atomic E-state index is 2.47. The fourth-order valence-corrected chi connectivity index (χ4v) is 8.70. The number of rotatable bonds is 5. The number of halogens is 1. The van der Waals surface area contributed by atoms with E-state index in [-0.39, 0.29) is 0 Å². The van der Waals surface area contributed by atoms with E-state index < -0.39 is 0 Å². The molecule has 4 heteroatoms. The normalized spacial score (nSPS) is 11.2. The highest BCUT2D eigenvalue weighted by atomic mass is 127. The minimum absolute atomic E-state index is 1.27. The fourth-order valence-electron chi connectivity index (χ4n) is 4.48. The summed E-state index contributed by atoms with van der Waals surface area (Å²) in [5.41, 5.74) is 11.6. The fraction of sp³-hybridized carbons (Fsp3) is 0.0909. The van der Waals surface area contributed by atoms with Crippen molar-refractivity contribution in [1.29, 1.82) is 0 Å². The summed E-state index contributed by atoms with van der Waals surface area (Å²) in [5.74, 6) is 0. The quantitative estimate of drug-likeness (QED) is 0.164. The number of aryl methyl sites for hydroxylation is 3. The summed E-state index contributed by atoms with van der Waals surface area (Å²) < 4.78 is 1.31. The van der Waals surface area contributed by atoms with E-state index in [1.54, 1.807) is 0 Å². The first kappa shape index (κ1) is 24.8. The van der Waals surface area contributed by atoms with Gasteiger partial charge in [0.1, 0.15) is 0 Å². The van der Waals surface area contributed by atoms with E-state index in [1.165, 1.54) is 72.5 Å². The minimum atomic E-state index is 1.27. The molecule has 3 heterocycles. The molecule has 0 fully saturated rings. The van der Waals surface area contributed by atoms with Crippen molar-refractivity contribution in [2.75, 3.05) is 0 Å². The summed E-state index contributed by atoms with van der Waals surface area (Å²) in [5, 5.41) is 2.30. The van der Waals surface area contributed by atoms with Crippen LogP contribution >= 0.6 is 56.6 Å². The third-order valence-corrected chi connectivity index (χ3v) is 10.9. The molecule has 0 aliphatic rings. The van der Waals surface area contributed by atoms with Gasteiger partial charge in [0.2, 0.25) is 0 Å². The summed E-state index contributed by atoms with van der Waals surface area (Å²) in [6.07, 6.45) is 0. The van der Waals surface area contributed by atoms with Gasteiger partial charge in [-0.05, 0) is 89.2 Å². The van der Waals surface area contributed by atoms with Crippen molar-refractivity contribution < 1.29 is 0 Å². The molecule has 0 saturated carbocycles. The van der Waals surface area contributed by atoms with Gasteiger partial charge in [-0.25, -0.2) is 0 Å². The van der Waals surface area contributed by atoms with Crippen molar-refractivity contribution in [1.82, 2.24) is 0 Å². The molecule has 0 unspecified atom stereocenters. The summed E-state index contributed by atoms with van der Waals surface area (Å²) in [6, 6.07) is 33.8. The van der Waals surface area contributed by atoms with E-state index in [0.717, 1.165) is 0 Å². The van der Waals surface area contributed by atoms with Crippen LogP contribution in [0.2, 0.25) is 0 Å². The molecule has 37 heavy (non-hydrogen) atoms. The van der Waals surface area contributed by atoms with Crippen molar-refractivity contribution in [3.8, 4) is 52.9 Å². The Balaban J connectivity index is 1.49. The molecule has 0 aliphatic carbocycles. The highest BCUT2D eigenvalue weighted by molar-refractivity contribution is 14.1. The lowest BCUT2D eigenvalue weighted by Crippen LogP contribution is -1.79. The van der Waals surface area contributed by atoms with Crippen LogP contribution in [0.5, 0.6) is 0 Å². The molecule has 3 aromatic heterocycles. The zero-order chi connectivity index (χ0) is 25.5. The molecule has 0 radical (unpaired) electrons. The monoisotopic (exact) mass is 644 g/mol. The Kier molecular flexibility index (Phi) is 6.93. The molecular weight excluding hydrogens is 619 g/mol. The molecule has 6 rings (SSSR count). The molecule has 3 aromatic carbocycles. The lowest BCUT2D eigenvalue weighted by atomic mass is 10.0. The van der Waals surface area contributed by atoms with E-state index >= 15 is 0 Å². The third kappa shape index (κ3) is 5.13. The smallest absolute Gasteiger partial charge is 0.0666 e. The first-order valence-electron chi connectivity index (χ1n) is 12.2. The molecule has 0 amide bonds. The van der Waals surface area contributed by atoms with Crippen molar-refractivity contribution >= 4 is 56.6 Å². The molecule has 0 saturated heterocycles. The van der Waals surface area contributed by atoms with Gasteiger partial charge in [0, 0.05) is 20.9 Å². The first-order chi connectivity index (χ1) is 17.9. The molecule has 6 aromatic rings.